The van der Waals surface area contributed by atoms with Crippen molar-refractivity contribution in [3.8, 4) is 11.4 Å². The summed E-state index contributed by atoms with van der Waals surface area (Å²) in [6.07, 6.45) is 3.95. The van der Waals surface area contributed by atoms with Crippen LogP contribution in [0, 0.1) is 5.92 Å². The minimum atomic E-state index is -0.636. The monoisotopic (exact) mass is 304 g/mol. The van der Waals surface area contributed by atoms with Gasteiger partial charge in [-0.25, -0.2) is 4.79 Å². The molecule has 1 aliphatic rings. The summed E-state index contributed by atoms with van der Waals surface area (Å²) >= 11 is 0. The van der Waals surface area contributed by atoms with Gasteiger partial charge in [0, 0.05) is 24.9 Å². The van der Waals surface area contributed by atoms with Crippen LogP contribution in [0.15, 0.2) is 27.6 Å². The van der Waals surface area contributed by atoms with E-state index in [1.54, 1.807) is 12.1 Å². The zero-order valence-corrected chi connectivity index (χ0v) is 11.9. The van der Waals surface area contributed by atoms with Crippen LogP contribution in [0.25, 0.3) is 11.4 Å². The van der Waals surface area contributed by atoms with E-state index in [1.807, 2.05) is 0 Å². The smallest absolute Gasteiger partial charge is 0.379 e. The molecule has 1 saturated carbocycles. The molecule has 0 spiro atoms. The van der Waals surface area contributed by atoms with E-state index >= 15 is 0 Å². The molecular weight excluding hydrogens is 288 g/mol. The molecule has 1 amide bonds. The molecule has 0 aliphatic heterocycles. The fraction of sp³-hybridized carbons (Fsp3) is 0.429. The summed E-state index contributed by atoms with van der Waals surface area (Å²) in [5, 5.41) is 6.29. The van der Waals surface area contributed by atoms with E-state index in [1.165, 1.54) is 19.0 Å². The number of nitrogens with zero attached hydrogens (tertiary/aromatic N) is 2. The van der Waals surface area contributed by atoms with Crippen LogP contribution in [0.1, 0.15) is 23.3 Å². The lowest BCUT2D eigenvalue weighted by Crippen LogP contribution is -2.28. The van der Waals surface area contributed by atoms with Crippen LogP contribution < -0.4 is 11.1 Å². The maximum atomic E-state index is 11.9. The summed E-state index contributed by atoms with van der Waals surface area (Å²) in [4.78, 5) is 29.2. The summed E-state index contributed by atoms with van der Waals surface area (Å²) in [5.74, 6) is 0.0871. The Labute approximate surface area is 125 Å². The molecule has 0 atom stereocenters. The molecule has 2 aromatic heterocycles. The molecule has 0 unspecified atom stereocenters. The quantitative estimate of drug-likeness (QED) is 0.724. The molecule has 0 saturated heterocycles. The van der Waals surface area contributed by atoms with E-state index < -0.39 is 5.76 Å². The summed E-state index contributed by atoms with van der Waals surface area (Å²) in [5.41, 5.74) is 0.854. The number of H-pyrrole nitrogens is 1. The number of aromatic nitrogens is 3. The average Bonchev–Trinajstić information content (AvgIpc) is 3.26. The van der Waals surface area contributed by atoms with Crippen LogP contribution in [-0.2, 0) is 4.74 Å². The van der Waals surface area contributed by atoms with E-state index in [-0.39, 0.29) is 17.4 Å². The van der Waals surface area contributed by atoms with Crippen LogP contribution in [0.4, 0.5) is 0 Å². The van der Waals surface area contributed by atoms with Gasteiger partial charge >= 0.3 is 5.76 Å². The zero-order chi connectivity index (χ0) is 15.4. The Bertz CT molecular complexity index is 687. The molecule has 116 valence electrons. The van der Waals surface area contributed by atoms with Crippen molar-refractivity contribution >= 4 is 5.91 Å². The Morgan fingerprint density at radius 2 is 2.32 bits per heavy atom. The third-order valence-corrected chi connectivity index (χ3v) is 3.29. The number of pyridine rings is 1. The normalized spacial score (nSPS) is 14.0. The summed E-state index contributed by atoms with van der Waals surface area (Å²) < 4.78 is 9.85. The number of carbonyl (C=O) groups excluding carboxylic acids is 1. The predicted octanol–water partition coefficient (Wildman–Crippen LogP) is 0.581. The van der Waals surface area contributed by atoms with Crippen molar-refractivity contribution in [2.45, 2.75) is 12.8 Å². The van der Waals surface area contributed by atoms with Gasteiger partial charge < -0.3 is 10.1 Å². The van der Waals surface area contributed by atoms with Crippen LogP contribution in [-0.4, -0.2) is 40.8 Å². The first-order chi connectivity index (χ1) is 10.7. The SMILES string of the molecule is O=C(NCCOCC1CC1)c1ccc(-c2noc(=O)[nH]2)cn1. The Balaban J connectivity index is 1.48. The number of carbonyl (C=O) groups is 1. The van der Waals surface area contributed by atoms with Gasteiger partial charge in [-0.05, 0) is 30.9 Å². The van der Waals surface area contributed by atoms with Crippen molar-refractivity contribution in [2.24, 2.45) is 5.92 Å². The molecule has 0 aromatic carbocycles. The zero-order valence-electron chi connectivity index (χ0n) is 11.9. The lowest BCUT2D eigenvalue weighted by atomic mass is 10.2. The molecule has 2 N–H and O–H groups in total. The molecule has 0 radical (unpaired) electrons. The van der Waals surface area contributed by atoms with Crippen molar-refractivity contribution in [2.75, 3.05) is 19.8 Å². The molecule has 2 heterocycles. The second-order valence-electron chi connectivity index (χ2n) is 5.15. The highest BCUT2D eigenvalue weighted by molar-refractivity contribution is 5.92. The van der Waals surface area contributed by atoms with Gasteiger partial charge in [0.05, 0.1) is 6.61 Å². The maximum absolute atomic E-state index is 11.9. The highest BCUT2D eigenvalue weighted by Crippen LogP contribution is 2.28. The first kappa shape index (κ1) is 14.5. The summed E-state index contributed by atoms with van der Waals surface area (Å²) in [6.45, 7) is 1.73. The molecule has 2 aromatic rings. The van der Waals surface area contributed by atoms with E-state index in [4.69, 9.17) is 4.74 Å². The third-order valence-electron chi connectivity index (χ3n) is 3.29. The Hall–Kier alpha value is -2.48. The van der Waals surface area contributed by atoms with Gasteiger partial charge in [0.25, 0.3) is 5.91 Å². The highest BCUT2D eigenvalue weighted by atomic mass is 16.5. The van der Waals surface area contributed by atoms with Gasteiger partial charge in [0.1, 0.15) is 5.69 Å². The highest BCUT2D eigenvalue weighted by Gasteiger charge is 2.20. The van der Waals surface area contributed by atoms with E-state index in [0.29, 0.717) is 24.6 Å². The van der Waals surface area contributed by atoms with Crippen molar-refractivity contribution < 1.29 is 14.1 Å². The van der Waals surface area contributed by atoms with E-state index in [0.717, 1.165) is 6.61 Å². The van der Waals surface area contributed by atoms with Crippen LogP contribution >= 0.6 is 0 Å². The first-order valence-corrected chi connectivity index (χ1v) is 7.11. The molecule has 3 rings (SSSR count). The van der Waals surface area contributed by atoms with Gasteiger partial charge in [-0.2, -0.15) is 0 Å². The average molecular weight is 304 g/mol. The largest absolute Gasteiger partial charge is 0.439 e. The molecule has 0 bridgehead atoms. The van der Waals surface area contributed by atoms with Crippen LogP contribution in [0.5, 0.6) is 0 Å². The molecule has 8 heteroatoms. The lowest BCUT2D eigenvalue weighted by Gasteiger charge is -2.05. The number of amides is 1. The minimum Gasteiger partial charge on any atom is -0.379 e. The number of ether oxygens (including phenoxy) is 1. The van der Waals surface area contributed by atoms with E-state index in [2.05, 4.69) is 25.0 Å². The number of rotatable bonds is 7. The van der Waals surface area contributed by atoms with Gasteiger partial charge in [-0.3, -0.25) is 19.3 Å². The lowest BCUT2D eigenvalue weighted by molar-refractivity contribution is 0.0902. The second kappa shape index (κ2) is 6.52. The van der Waals surface area contributed by atoms with Crippen LogP contribution in [0.2, 0.25) is 0 Å². The number of hydrogen-bond acceptors (Lipinski definition) is 6. The number of aromatic amines is 1. The number of hydrogen-bond donors (Lipinski definition) is 2. The Morgan fingerprint density at radius 1 is 1.45 bits per heavy atom. The van der Waals surface area contributed by atoms with Crippen molar-refractivity contribution in [3.63, 3.8) is 0 Å². The van der Waals surface area contributed by atoms with Crippen molar-refractivity contribution in [1.29, 1.82) is 0 Å². The summed E-state index contributed by atoms with van der Waals surface area (Å²) in [6, 6.07) is 3.20. The topological polar surface area (TPSA) is 110 Å². The second-order valence-corrected chi connectivity index (χ2v) is 5.15. The van der Waals surface area contributed by atoms with Gasteiger partial charge in [0.15, 0.2) is 5.82 Å². The Kier molecular flexibility index (Phi) is 4.29. The van der Waals surface area contributed by atoms with Crippen LogP contribution in [0.3, 0.4) is 0 Å². The molecule has 1 fully saturated rings. The van der Waals surface area contributed by atoms with Gasteiger partial charge in [-0.15, -0.1) is 0 Å². The fourth-order valence-corrected chi connectivity index (χ4v) is 1.88. The van der Waals surface area contributed by atoms with Gasteiger partial charge in [0.2, 0.25) is 0 Å². The number of nitrogens with one attached hydrogen (secondary N) is 2. The van der Waals surface area contributed by atoms with Crippen molar-refractivity contribution in [3.05, 3.63) is 34.6 Å². The third kappa shape index (κ3) is 3.79. The first-order valence-electron chi connectivity index (χ1n) is 7.11. The minimum absolute atomic E-state index is 0.268. The Morgan fingerprint density at radius 3 is 2.95 bits per heavy atom. The summed E-state index contributed by atoms with van der Waals surface area (Å²) in [7, 11) is 0. The maximum Gasteiger partial charge on any atom is 0.439 e. The molecule has 8 nitrogen and oxygen atoms in total. The standard InChI is InChI=1S/C14H16N4O4/c19-13(15-5-6-21-8-9-1-2-9)11-4-3-10(7-16-11)12-17-14(20)22-18-12/h3-4,7,9H,1-2,5-6,8H2,(H,15,19)(H,17,18,20). The van der Waals surface area contributed by atoms with Gasteiger partial charge in [-0.1, -0.05) is 5.16 Å². The predicted molar refractivity (Wildman–Crippen MR) is 76.2 cm³/mol. The molecular formula is C14H16N4O4. The molecule has 1 aliphatic carbocycles. The molecule has 22 heavy (non-hydrogen) atoms. The van der Waals surface area contributed by atoms with E-state index in [9.17, 15) is 9.59 Å². The van der Waals surface area contributed by atoms with Crippen molar-refractivity contribution in [1.82, 2.24) is 20.4 Å². The fourth-order valence-electron chi connectivity index (χ4n) is 1.88.